The number of nitrogens with zero attached hydrogens (tertiary/aromatic N) is 6. The van der Waals surface area contributed by atoms with Gasteiger partial charge >= 0.3 is 0 Å². The van der Waals surface area contributed by atoms with E-state index in [2.05, 4.69) is 36.5 Å². The molecule has 0 aliphatic carbocycles. The molecule has 0 radical (unpaired) electrons. The molecule has 2 N–H and O–H groups in total. The van der Waals surface area contributed by atoms with Gasteiger partial charge in [-0.3, -0.25) is 9.67 Å². The largest absolute Gasteiger partial charge is 0.343 e. The third-order valence-corrected chi connectivity index (χ3v) is 6.28. The third kappa shape index (κ3) is 3.73. The van der Waals surface area contributed by atoms with Crippen LogP contribution >= 0.6 is 0 Å². The number of imidazole rings is 1. The molecule has 8 nitrogen and oxygen atoms in total. The molecule has 1 aliphatic heterocycles. The normalized spacial score (nSPS) is 16.2. The first-order valence-electron chi connectivity index (χ1n) is 11.3. The van der Waals surface area contributed by atoms with Crippen LogP contribution in [0.1, 0.15) is 24.6 Å². The van der Waals surface area contributed by atoms with E-state index in [0.29, 0.717) is 28.8 Å². The van der Waals surface area contributed by atoms with E-state index >= 15 is 0 Å². The van der Waals surface area contributed by atoms with Crippen molar-refractivity contribution in [2.24, 2.45) is 0 Å². The van der Waals surface area contributed by atoms with Gasteiger partial charge in [-0.15, -0.1) is 0 Å². The van der Waals surface area contributed by atoms with Gasteiger partial charge in [-0.1, -0.05) is 0 Å². The van der Waals surface area contributed by atoms with Crippen LogP contribution in [0.25, 0.3) is 44.9 Å². The summed E-state index contributed by atoms with van der Waals surface area (Å²) >= 11 is 0. The van der Waals surface area contributed by atoms with E-state index in [9.17, 15) is 4.39 Å². The minimum Gasteiger partial charge on any atom is -0.343 e. The highest BCUT2D eigenvalue weighted by Crippen LogP contribution is 2.29. The molecule has 0 spiro atoms. The van der Waals surface area contributed by atoms with Crippen molar-refractivity contribution < 1.29 is 4.39 Å². The highest BCUT2D eigenvalue weighted by Gasteiger charge is 2.17. The molecule has 34 heavy (non-hydrogen) atoms. The molecule has 1 atom stereocenters. The van der Waals surface area contributed by atoms with Gasteiger partial charge in [0, 0.05) is 30.1 Å². The molecule has 1 unspecified atom stereocenters. The maximum absolute atomic E-state index is 13.7. The van der Waals surface area contributed by atoms with Crippen molar-refractivity contribution in [2.75, 3.05) is 13.1 Å². The first-order chi connectivity index (χ1) is 16.7. The summed E-state index contributed by atoms with van der Waals surface area (Å²) in [6.07, 6.45) is 9.71. The Balaban J connectivity index is 1.35. The van der Waals surface area contributed by atoms with Crippen molar-refractivity contribution in [1.82, 2.24) is 40.0 Å². The Bertz CT molecular complexity index is 1480. The van der Waals surface area contributed by atoms with E-state index in [1.807, 2.05) is 35.3 Å². The highest BCUT2D eigenvalue weighted by atomic mass is 19.1. The van der Waals surface area contributed by atoms with E-state index < -0.39 is 0 Å². The number of rotatable bonds is 4. The summed E-state index contributed by atoms with van der Waals surface area (Å²) < 4.78 is 15.8. The minimum atomic E-state index is -0.341. The Labute approximate surface area is 195 Å². The van der Waals surface area contributed by atoms with E-state index in [1.165, 1.54) is 6.07 Å². The van der Waals surface area contributed by atoms with Gasteiger partial charge in [-0.2, -0.15) is 5.10 Å². The van der Waals surface area contributed by atoms with Gasteiger partial charge in [0.15, 0.2) is 0 Å². The second kappa shape index (κ2) is 8.42. The molecule has 5 aromatic heterocycles. The lowest BCUT2D eigenvalue weighted by molar-refractivity contribution is 0.347. The van der Waals surface area contributed by atoms with Crippen molar-refractivity contribution in [3.8, 4) is 33.9 Å². The monoisotopic (exact) mass is 454 g/mol. The molecule has 0 bridgehead atoms. The molecule has 0 saturated carbocycles. The summed E-state index contributed by atoms with van der Waals surface area (Å²) in [5, 5.41) is 8.03. The van der Waals surface area contributed by atoms with Gasteiger partial charge < -0.3 is 10.3 Å². The minimum absolute atomic E-state index is 0.330. The lowest BCUT2D eigenvalue weighted by atomic mass is 10.1. The summed E-state index contributed by atoms with van der Waals surface area (Å²) in [5.41, 5.74) is 6.54. The Kier molecular flexibility index (Phi) is 5.10. The number of H-pyrrole nitrogens is 1. The fourth-order valence-corrected chi connectivity index (χ4v) is 4.41. The first kappa shape index (κ1) is 20.6. The second-order valence-corrected chi connectivity index (χ2v) is 8.56. The van der Waals surface area contributed by atoms with Gasteiger partial charge in [0.1, 0.15) is 11.5 Å². The summed E-state index contributed by atoms with van der Waals surface area (Å²) in [6, 6.07) is 9.28. The van der Waals surface area contributed by atoms with Crippen LogP contribution in [0.5, 0.6) is 0 Å². The number of pyridine rings is 3. The van der Waals surface area contributed by atoms with Gasteiger partial charge in [0.2, 0.25) is 0 Å². The van der Waals surface area contributed by atoms with Crippen LogP contribution in [0.4, 0.5) is 4.39 Å². The summed E-state index contributed by atoms with van der Waals surface area (Å²) in [4.78, 5) is 21.4. The van der Waals surface area contributed by atoms with Crippen LogP contribution in [0.3, 0.4) is 0 Å². The fourth-order valence-electron chi connectivity index (χ4n) is 4.41. The zero-order valence-electron chi connectivity index (χ0n) is 18.7. The highest BCUT2D eigenvalue weighted by molar-refractivity contribution is 5.84. The average molecular weight is 455 g/mol. The maximum atomic E-state index is 13.7. The Morgan fingerprint density at radius 2 is 1.91 bits per heavy atom. The average Bonchev–Trinajstić information content (AvgIpc) is 3.56. The molecule has 1 fully saturated rings. The van der Waals surface area contributed by atoms with Crippen molar-refractivity contribution in [3.05, 3.63) is 66.8 Å². The molecule has 1 aliphatic rings. The number of halogens is 1. The number of hydrogen-bond acceptors (Lipinski definition) is 6. The fraction of sp³-hybridized carbons (Fsp3) is 0.240. The van der Waals surface area contributed by atoms with Gasteiger partial charge in [-0.25, -0.2) is 19.3 Å². The van der Waals surface area contributed by atoms with Crippen LogP contribution < -0.4 is 5.32 Å². The van der Waals surface area contributed by atoms with E-state index in [4.69, 9.17) is 4.98 Å². The number of aromatic amines is 1. The number of aromatic nitrogens is 7. The lowest BCUT2D eigenvalue weighted by Crippen LogP contribution is -2.31. The summed E-state index contributed by atoms with van der Waals surface area (Å²) in [7, 11) is 0. The van der Waals surface area contributed by atoms with Crippen molar-refractivity contribution in [3.63, 3.8) is 0 Å². The first-order valence-corrected chi connectivity index (χ1v) is 11.3. The van der Waals surface area contributed by atoms with E-state index in [1.54, 1.807) is 19.3 Å². The SMILES string of the molecule is Cc1nc(-c2nc[nH]c2-c2ccc3ncc(-c4cnn(C5CCCNC5)c4)cc3n2)ccc1F. The van der Waals surface area contributed by atoms with Crippen molar-refractivity contribution in [1.29, 1.82) is 0 Å². The number of nitrogens with one attached hydrogen (secondary N) is 2. The standard InChI is InChI=1S/C25H23FN8/c1-15-19(26)4-5-21(32-15)24-25(30-14-29-24)22-7-6-20-23(33-22)9-16(10-28-20)17-11-31-34(13-17)18-3-2-8-27-12-18/h4-7,9-11,13-14,18,27H,2-3,8,12H2,1H3,(H,29,30). The zero-order chi connectivity index (χ0) is 23.1. The quantitative estimate of drug-likeness (QED) is 0.420. The Morgan fingerprint density at radius 1 is 1.00 bits per heavy atom. The van der Waals surface area contributed by atoms with Crippen molar-refractivity contribution in [2.45, 2.75) is 25.8 Å². The molecule has 6 heterocycles. The number of hydrogen-bond donors (Lipinski definition) is 2. The second-order valence-electron chi connectivity index (χ2n) is 8.56. The molecule has 170 valence electrons. The predicted octanol–water partition coefficient (Wildman–Crippen LogP) is 4.32. The van der Waals surface area contributed by atoms with Gasteiger partial charge in [-0.05, 0) is 56.6 Å². The Hall–Kier alpha value is -3.98. The third-order valence-electron chi connectivity index (χ3n) is 6.28. The molecule has 5 aromatic rings. The summed E-state index contributed by atoms with van der Waals surface area (Å²) in [5.74, 6) is -0.341. The van der Waals surface area contributed by atoms with Crippen LogP contribution in [0.15, 0.2) is 55.2 Å². The summed E-state index contributed by atoms with van der Waals surface area (Å²) in [6.45, 7) is 3.65. The van der Waals surface area contributed by atoms with Crippen LogP contribution in [-0.4, -0.2) is 47.8 Å². The smallest absolute Gasteiger partial charge is 0.144 e. The molecular weight excluding hydrogens is 431 g/mol. The van der Waals surface area contributed by atoms with Crippen LogP contribution in [0.2, 0.25) is 0 Å². The molecule has 9 heteroatoms. The van der Waals surface area contributed by atoms with Gasteiger partial charge in [0.25, 0.3) is 0 Å². The topological polar surface area (TPSA) is 97.2 Å². The number of piperidine rings is 1. The zero-order valence-corrected chi connectivity index (χ0v) is 18.7. The van der Waals surface area contributed by atoms with Crippen LogP contribution in [0, 0.1) is 12.7 Å². The van der Waals surface area contributed by atoms with Gasteiger partial charge in [0.05, 0.1) is 52.4 Å². The van der Waals surface area contributed by atoms with E-state index in [0.717, 1.165) is 53.8 Å². The number of fused-ring (bicyclic) bond motifs is 1. The Morgan fingerprint density at radius 3 is 2.76 bits per heavy atom. The molecule has 0 aromatic carbocycles. The molecular formula is C25H23FN8. The number of aryl methyl sites for hydroxylation is 1. The molecule has 0 amide bonds. The van der Waals surface area contributed by atoms with E-state index in [-0.39, 0.29) is 5.82 Å². The maximum Gasteiger partial charge on any atom is 0.144 e. The van der Waals surface area contributed by atoms with Crippen LogP contribution in [-0.2, 0) is 0 Å². The molecule has 1 saturated heterocycles. The molecule has 6 rings (SSSR count). The lowest BCUT2D eigenvalue weighted by Gasteiger charge is -2.22. The predicted molar refractivity (Wildman–Crippen MR) is 127 cm³/mol. The van der Waals surface area contributed by atoms with Crippen molar-refractivity contribution >= 4 is 11.0 Å².